The number of aryl methyl sites for hydroxylation is 1. The molecule has 0 unspecified atom stereocenters. The zero-order valence-corrected chi connectivity index (χ0v) is 12.5. The van der Waals surface area contributed by atoms with Gasteiger partial charge in [0.15, 0.2) is 5.82 Å². The molecular formula is C15H17N5O2. The molecule has 0 aliphatic heterocycles. The highest BCUT2D eigenvalue weighted by molar-refractivity contribution is 5.77. The van der Waals surface area contributed by atoms with E-state index in [-0.39, 0.29) is 5.56 Å². The SMILES string of the molecule is CCc1noc(CN(C)Cc2nc3ccccc3c(=O)[nH]2)n1. The van der Waals surface area contributed by atoms with Crippen molar-refractivity contribution >= 4 is 10.9 Å². The minimum atomic E-state index is -0.125. The number of fused-ring (bicyclic) bond motifs is 1. The second-order valence-corrected chi connectivity index (χ2v) is 5.16. The number of hydrogen-bond donors (Lipinski definition) is 1. The molecular weight excluding hydrogens is 282 g/mol. The number of rotatable bonds is 5. The van der Waals surface area contributed by atoms with Gasteiger partial charge < -0.3 is 9.51 Å². The summed E-state index contributed by atoms with van der Waals surface area (Å²) in [5.41, 5.74) is 0.570. The van der Waals surface area contributed by atoms with E-state index in [0.717, 1.165) is 6.42 Å². The Morgan fingerprint density at radius 1 is 1.23 bits per heavy atom. The molecule has 0 spiro atoms. The number of aromatic nitrogens is 4. The lowest BCUT2D eigenvalue weighted by atomic mass is 10.2. The predicted molar refractivity (Wildman–Crippen MR) is 81.2 cm³/mol. The molecule has 1 aromatic carbocycles. The summed E-state index contributed by atoms with van der Waals surface area (Å²) in [4.78, 5) is 25.5. The van der Waals surface area contributed by atoms with E-state index < -0.39 is 0 Å². The molecule has 0 saturated carbocycles. The third kappa shape index (κ3) is 3.04. The summed E-state index contributed by atoms with van der Waals surface area (Å²) in [6.07, 6.45) is 0.743. The standard InChI is InChI=1S/C15H17N5O2/c1-3-12-17-14(22-19-12)9-20(2)8-13-16-11-7-5-4-6-10(11)15(21)18-13/h4-7H,3,8-9H2,1-2H3,(H,16,18,21). The number of aromatic amines is 1. The first kappa shape index (κ1) is 14.4. The fourth-order valence-corrected chi connectivity index (χ4v) is 2.25. The third-order valence-corrected chi connectivity index (χ3v) is 3.31. The normalized spacial score (nSPS) is 11.4. The van der Waals surface area contributed by atoms with Crippen LogP contribution in [0, 0.1) is 0 Å². The first-order chi connectivity index (χ1) is 10.7. The maximum Gasteiger partial charge on any atom is 0.258 e. The molecule has 0 radical (unpaired) electrons. The van der Waals surface area contributed by atoms with Gasteiger partial charge in [0, 0.05) is 6.42 Å². The second kappa shape index (κ2) is 6.07. The average Bonchev–Trinajstić information content (AvgIpc) is 2.94. The van der Waals surface area contributed by atoms with Crippen LogP contribution in [0.25, 0.3) is 10.9 Å². The maximum absolute atomic E-state index is 12.0. The molecule has 3 rings (SSSR count). The highest BCUT2D eigenvalue weighted by Gasteiger charge is 2.10. The van der Waals surface area contributed by atoms with Gasteiger partial charge in [-0.3, -0.25) is 9.69 Å². The van der Waals surface area contributed by atoms with Crippen molar-refractivity contribution in [1.82, 2.24) is 25.0 Å². The molecule has 3 aromatic rings. The molecule has 0 fully saturated rings. The fourth-order valence-electron chi connectivity index (χ4n) is 2.25. The minimum absolute atomic E-state index is 0.125. The molecule has 7 nitrogen and oxygen atoms in total. The summed E-state index contributed by atoms with van der Waals surface area (Å²) in [6, 6.07) is 7.29. The van der Waals surface area contributed by atoms with Crippen LogP contribution in [-0.2, 0) is 19.5 Å². The molecule has 1 N–H and O–H groups in total. The maximum atomic E-state index is 12.0. The van der Waals surface area contributed by atoms with Crippen molar-refractivity contribution in [3.05, 3.63) is 52.2 Å². The summed E-state index contributed by atoms with van der Waals surface area (Å²) in [5.74, 6) is 1.87. The number of benzene rings is 1. The summed E-state index contributed by atoms with van der Waals surface area (Å²) >= 11 is 0. The van der Waals surface area contributed by atoms with Crippen molar-refractivity contribution in [3.8, 4) is 0 Å². The lowest BCUT2D eigenvalue weighted by Gasteiger charge is -2.13. The van der Waals surface area contributed by atoms with Crippen molar-refractivity contribution in [2.45, 2.75) is 26.4 Å². The van der Waals surface area contributed by atoms with Crippen molar-refractivity contribution in [2.75, 3.05) is 7.05 Å². The summed E-state index contributed by atoms with van der Waals surface area (Å²) in [7, 11) is 1.91. The van der Waals surface area contributed by atoms with E-state index in [1.165, 1.54) is 0 Å². The van der Waals surface area contributed by atoms with Crippen molar-refractivity contribution in [1.29, 1.82) is 0 Å². The van der Waals surface area contributed by atoms with Crippen LogP contribution in [0.5, 0.6) is 0 Å². The van der Waals surface area contributed by atoms with Gasteiger partial charge in [-0.2, -0.15) is 4.98 Å². The van der Waals surface area contributed by atoms with Crippen molar-refractivity contribution in [2.24, 2.45) is 0 Å². The van der Waals surface area contributed by atoms with Crippen molar-refractivity contribution in [3.63, 3.8) is 0 Å². The topological polar surface area (TPSA) is 87.9 Å². The van der Waals surface area contributed by atoms with Crippen LogP contribution in [0.2, 0.25) is 0 Å². The highest BCUT2D eigenvalue weighted by atomic mass is 16.5. The number of nitrogens with one attached hydrogen (secondary N) is 1. The van der Waals surface area contributed by atoms with Crippen LogP contribution in [0.15, 0.2) is 33.6 Å². The molecule has 0 amide bonds. The Morgan fingerprint density at radius 3 is 2.82 bits per heavy atom. The lowest BCUT2D eigenvalue weighted by molar-refractivity contribution is 0.255. The predicted octanol–water partition coefficient (Wildman–Crippen LogP) is 1.50. The summed E-state index contributed by atoms with van der Waals surface area (Å²) < 4.78 is 5.16. The van der Waals surface area contributed by atoms with Crippen molar-refractivity contribution < 1.29 is 4.52 Å². The molecule has 2 heterocycles. The van der Waals surface area contributed by atoms with E-state index in [9.17, 15) is 4.79 Å². The van der Waals surface area contributed by atoms with Crippen LogP contribution in [0.4, 0.5) is 0 Å². The number of para-hydroxylation sites is 1. The Kier molecular flexibility index (Phi) is 3.97. The molecule has 0 saturated heterocycles. The van der Waals surface area contributed by atoms with Crippen LogP contribution in [-0.4, -0.2) is 32.1 Å². The van der Waals surface area contributed by atoms with Gasteiger partial charge in [0.2, 0.25) is 5.89 Å². The molecule has 0 atom stereocenters. The van der Waals surface area contributed by atoms with E-state index >= 15 is 0 Å². The van der Waals surface area contributed by atoms with E-state index in [1.807, 2.05) is 37.1 Å². The Hall–Kier alpha value is -2.54. The van der Waals surface area contributed by atoms with E-state index in [2.05, 4.69) is 20.1 Å². The Bertz CT molecular complexity index is 839. The van der Waals surface area contributed by atoms with Crippen LogP contribution in [0.3, 0.4) is 0 Å². The van der Waals surface area contributed by atoms with Crippen LogP contribution >= 0.6 is 0 Å². The highest BCUT2D eigenvalue weighted by Crippen LogP contribution is 2.08. The Labute approximate surface area is 127 Å². The van der Waals surface area contributed by atoms with Gasteiger partial charge in [-0.1, -0.05) is 24.2 Å². The quantitative estimate of drug-likeness (QED) is 0.768. The van der Waals surface area contributed by atoms with Crippen LogP contribution < -0.4 is 5.56 Å². The lowest BCUT2D eigenvalue weighted by Crippen LogP contribution is -2.22. The molecule has 0 bridgehead atoms. The van der Waals surface area contributed by atoms with Gasteiger partial charge in [-0.25, -0.2) is 4.98 Å². The molecule has 0 aliphatic carbocycles. The summed E-state index contributed by atoms with van der Waals surface area (Å²) in [6.45, 7) is 2.97. The summed E-state index contributed by atoms with van der Waals surface area (Å²) in [5, 5.41) is 4.46. The van der Waals surface area contributed by atoms with Gasteiger partial charge >= 0.3 is 0 Å². The molecule has 7 heteroatoms. The van der Waals surface area contributed by atoms with E-state index in [0.29, 0.717) is 41.5 Å². The largest absolute Gasteiger partial charge is 0.338 e. The number of hydrogen-bond acceptors (Lipinski definition) is 6. The first-order valence-corrected chi connectivity index (χ1v) is 7.13. The Balaban J connectivity index is 1.76. The van der Waals surface area contributed by atoms with Gasteiger partial charge in [0.1, 0.15) is 5.82 Å². The molecule has 2 aromatic heterocycles. The number of H-pyrrole nitrogens is 1. The van der Waals surface area contributed by atoms with Crippen LogP contribution in [0.1, 0.15) is 24.5 Å². The first-order valence-electron chi connectivity index (χ1n) is 7.13. The molecule has 0 aliphatic rings. The van der Waals surface area contributed by atoms with E-state index in [4.69, 9.17) is 4.52 Å². The monoisotopic (exact) mass is 299 g/mol. The minimum Gasteiger partial charge on any atom is -0.338 e. The average molecular weight is 299 g/mol. The van der Waals surface area contributed by atoms with Gasteiger partial charge in [-0.05, 0) is 19.2 Å². The second-order valence-electron chi connectivity index (χ2n) is 5.16. The van der Waals surface area contributed by atoms with Gasteiger partial charge in [0.25, 0.3) is 5.56 Å². The Morgan fingerprint density at radius 2 is 2.05 bits per heavy atom. The van der Waals surface area contributed by atoms with E-state index in [1.54, 1.807) is 6.07 Å². The zero-order chi connectivity index (χ0) is 15.5. The van der Waals surface area contributed by atoms with Gasteiger partial charge in [-0.15, -0.1) is 0 Å². The third-order valence-electron chi connectivity index (χ3n) is 3.31. The van der Waals surface area contributed by atoms with Gasteiger partial charge in [0.05, 0.1) is 24.0 Å². The smallest absolute Gasteiger partial charge is 0.258 e. The molecule has 22 heavy (non-hydrogen) atoms. The molecule has 114 valence electrons. The fraction of sp³-hybridized carbons (Fsp3) is 0.333. The number of nitrogens with zero attached hydrogens (tertiary/aromatic N) is 4. The zero-order valence-electron chi connectivity index (χ0n) is 12.5.